The molecule has 0 aromatic carbocycles. The highest BCUT2D eigenvalue weighted by atomic mass is 32.1. The fraction of sp³-hybridized carbons (Fsp3) is 0.444. The van der Waals surface area contributed by atoms with E-state index in [4.69, 9.17) is 5.73 Å². The van der Waals surface area contributed by atoms with Crippen molar-refractivity contribution in [3.05, 3.63) is 27.9 Å². The number of carbonyl (C=O) groups excluding carboxylic acids is 3. The molecule has 2 aromatic rings. The van der Waals surface area contributed by atoms with Crippen LogP contribution >= 0.6 is 22.7 Å². The highest BCUT2D eigenvalue weighted by Crippen LogP contribution is 2.26. The first-order valence-electron chi connectivity index (χ1n) is 8.83. The minimum absolute atomic E-state index is 0.150. The summed E-state index contributed by atoms with van der Waals surface area (Å²) in [7, 11) is 0. The highest BCUT2D eigenvalue weighted by molar-refractivity contribution is 7.14. The largest absolute Gasteiger partial charge is 0.368 e. The first-order valence-corrected chi connectivity index (χ1v) is 10.6. The van der Waals surface area contributed by atoms with Crippen molar-refractivity contribution in [1.29, 1.82) is 0 Å². The van der Waals surface area contributed by atoms with E-state index >= 15 is 0 Å². The Morgan fingerprint density at radius 3 is 2.63 bits per heavy atom. The minimum atomic E-state index is -0.999. The van der Waals surface area contributed by atoms with Crippen LogP contribution in [0.1, 0.15) is 43.6 Å². The number of aromatic nitrogens is 1. The average molecular weight is 409 g/mol. The molecule has 0 aliphatic heterocycles. The Bertz CT molecular complexity index is 773. The van der Waals surface area contributed by atoms with Crippen molar-refractivity contribution < 1.29 is 14.4 Å². The van der Waals surface area contributed by atoms with Crippen molar-refractivity contribution in [2.24, 2.45) is 5.73 Å². The van der Waals surface area contributed by atoms with Crippen LogP contribution in [0.15, 0.2) is 22.2 Å². The van der Waals surface area contributed by atoms with Gasteiger partial charge >= 0.3 is 0 Å². The SMILES string of the molecule is CCCNC(=O)C[C@@H](C(N)=O)N(CCC)C(=O)c1csc(-c2ccsc2)n1. The Labute approximate surface area is 166 Å². The third-order valence-electron chi connectivity index (χ3n) is 3.87. The van der Waals surface area contributed by atoms with Gasteiger partial charge in [0, 0.05) is 29.4 Å². The monoisotopic (exact) mass is 408 g/mol. The van der Waals surface area contributed by atoms with Crippen LogP contribution in [0.4, 0.5) is 0 Å². The Hall–Kier alpha value is -2.26. The van der Waals surface area contributed by atoms with E-state index in [9.17, 15) is 14.4 Å². The molecular formula is C18H24N4O3S2. The number of nitrogens with one attached hydrogen (secondary N) is 1. The standard InChI is InChI=1S/C18H24N4O3S2/c1-3-6-20-15(23)9-14(16(19)24)22(7-4-2)18(25)13-11-27-17(21-13)12-5-8-26-10-12/h5,8,10-11,14H,3-4,6-7,9H2,1-2H3,(H2,19,24)(H,20,23)/t14-/m0/s1. The summed E-state index contributed by atoms with van der Waals surface area (Å²) in [5, 5.41) is 9.04. The smallest absolute Gasteiger partial charge is 0.274 e. The zero-order valence-corrected chi connectivity index (χ0v) is 17.1. The summed E-state index contributed by atoms with van der Waals surface area (Å²) < 4.78 is 0. The van der Waals surface area contributed by atoms with Gasteiger partial charge in [0.25, 0.3) is 5.91 Å². The Kier molecular flexibility index (Phi) is 7.93. The first-order chi connectivity index (χ1) is 13.0. The second-order valence-corrected chi connectivity index (χ2v) is 7.66. The number of thiazole rings is 1. The lowest BCUT2D eigenvalue weighted by molar-refractivity contribution is -0.129. The van der Waals surface area contributed by atoms with E-state index in [2.05, 4.69) is 10.3 Å². The van der Waals surface area contributed by atoms with Crippen molar-refractivity contribution in [2.45, 2.75) is 39.2 Å². The molecule has 2 heterocycles. The van der Waals surface area contributed by atoms with E-state index in [-0.39, 0.29) is 23.9 Å². The van der Waals surface area contributed by atoms with Crippen LogP contribution in [0, 0.1) is 0 Å². The van der Waals surface area contributed by atoms with Gasteiger partial charge in [-0.2, -0.15) is 11.3 Å². The molecule has 0 unspecified atom stereocenters. The van der Waals surface area contributed by atoms with Gasteiger partial charge in [0.15, 0.2) is 0 Å². The summed E-state index contributed by atoms with van der Waals surface area (Å²) >= 11 is 2.92. The fourth-order valence-electron chi connectivity index (χ4n) is 2.55. The predicted molar refractivity (Wildman–Crippen MR) is 108 cm³/mol. The molecule has 27 heavy (non-hydrogen) atoms. The van der Waals surface area contributed by atoms with E-state index in [1.165, 1.54) is 16.2 Å². The van der Waals surface area contributed by atoms with Crippen LogP contribution in [-0.2, 0) is 9.59 Å². The Morgan fingerprint density at radius 2 is 2.04 bits per heavy atom. The maximum Gasteiger partial charge on any atom is 0.274 e. The van der Waals surface area contributed by atoms with Gasteiger partial charge in [-0.25, -0.2) is 4.98 Å². The summed E-state index contributed by atoms with van der Waals surface area (Å²) in [4.78, 5) is 42.8. The quantitative estimate of drug-likeness (QED) is 0.630. The first kappa shape index (κ1) is 21.0. The minimum Gasteiger partial charge on any atom is -0.368 e. The molecule has 0 aliphatic carbocycles. The van der Waals surface area contributed by atoms with Gasteiger partial charge in [-0.05, 0) is 24.3 Å². The van der Waals surface area contributed by atoms with E-state index in [1.54, 1.807) is 16.7 Å². The van der Waals surface area contributed by atoms with Crippen molar-refractivity contribution in [3.63, 3.8) is 0 Å². The number of hydrogen-bond donors (Lipinski definition) is 2. The topological polar surface area (TPSA) is 105 Å². The zero-order chi connectivity index (χ0) is 19.8. The lowest BCUT2D eigenvalue weighted by Gasteiger charge is -2.28. The maximum atomic E-state index is 13.0. The summed E-state index contributed by atoms with van der Waals surface area (Å²) in [6, 6.07) is 0.937. The predicted octanol–water partition coefficient (Wildman–Crippen LogP) is 2.49. The summed E-state index contributed by atoms with van der Waals surface area (Å²) in [5.41, 5.74) is 6.73. The molecule has 3 amide bonds. The fourth-order valence-corrected chi connectivity index (χ4v) is 4.06. The number of nitrogens with zero attached hydrogens (tertiary/aromatic N) is 2. The normalized spacial score (nSPS) is 11.8. The third kappa shape index (κ3) is 5.61. The summed E-state index contributed by atoms with van der Waals surface area (Å²) in [6.45, 7) is 4.67. The number of rotatable bonds is 10. The molecule has 0 fully saturated rings. The number of amides is 3. The number of nitrogens with two attached hydrogens (primary N) is 1. The third-order valence-corrected chi connectivity index (χ3v) is 5.45. The van der Waals surface area contributed by atoms with Crippen molar-refractivity contribution >= 4 is 40.4 Å². The molecule has 0 saturated heterocycles. The highest BCUT2D eigenvalue weighted by Gasteiger charge is 2.31. The number of hydrogen-bond acceptors (Lipinski definition) is 6. The molecule has 0 spiro atoms. The lowest BCUT2D eigenvalue weighted by Crippen LogP contribution is -2.50. The number of carbonyl (C=O) groups is 3. The van der Waals surface area contributed by atoms with Gasteiger partial charge in [-0.15, -0.1) is 11.3 Å². The van der Waals surface area contributed by atoms with Crippen LogP contribution in [0.3, 0.4) is 0 Å². The van der Waals surface area contributed by atoms with Crippen LogP contribution in [0.25, 0.3) is 10.6 Å². The molecule has 3 N–H and O–H groups in total. The van der Waals surface area contributed by atoms with Crippen LogP contribution < -0.4 is 11.1 Å². The molecule has 9 heteroatoms. The van der Waals surface area contributed by atoms with Crippen LogP contribution in [-0.4, -0.2) is 46.7 Å². The van der Waals surface area contributed by atoms with Gasteiger partial charge in [0.1, 0.15) is 16.7 Å². The molecule has 0 bridgehead atoms. The van der Waals surface area contributed by atoms with Gasteiger partial charge in [0.05, 0.1) is 6.42 Å². The number of thiophene rings is 1. The Morgan fingerprint density at radius 1 is 1.26 bits per heavy atom. The maximum absolute atomic E-state index is 13.0. The van der Waals surface area contributed by atoms with Gasteiger partial charge in [-0.1, -0.05) is 13.8 Å². The zero-order valence-electron chi connectivity index (χ0n) is 15.4. The van der Waals surface area contributed by atoms with E-state index < -0.39 is 11.9 Å². The van der Waals surface area contributed by atoms with E-state index in [0.29, 0.717) is 19.5 Å². The molecule has 2 aromatic heterocycles. The molecule has 7 nitrogen and oxygen atoms in total. The molecule has 0 radical (unpaired) electrons. The van der Waals surface area contributed by atoms with E-state index in [0.717, 1.165) is 17.0 Å². The second-order valence-electron chi connectivity index (χ2n) is 6.02. The lowest BCUT2D eigenvalue weighted by atomic mass is 10.1. The van der Waals surface area contributed by atoms with Crippen molar-refractivity contribution in [1.82, 2.24) is 15.2 Å². The van der Waals surface area contributed by atoms with Crippen LogP contribution in [0.2, 0.25) is 0 Å². The molecule has 0 aliphatic rings. The molecule has 2 rings (SSSR count). The molecule has 0 saturated carbocycles. The van der Waals surface area contributed by atoms with Gasteiger partial charge in [-0.3, -0.25) is 14.4 Å². The molecule has 146 valence electrons. The molecule has 1 atom stereocenters. The van der Waals surface area contributed by atoms with Crippen molar-refractivity contribution in [3.8, 4) is 10.6 Å². The second kappa shape index (κ2) is 10.2. The van der Waals surface area contributed by atoms with Gasteiger partial charge < -0.3 is 16.0 Å². The van der Waals surface area contributed by atoms with Gasteiger partial charge in [0.2, 0.25) is 11.8 Å². The Balaban J connectivity index is 2.21. The number of primary amides is 1. The summed E-state index contributed by atoms with van der Waals surface area (Å²) in [5.74, 6) is -1.38. The molecular weight excluding hydrogens is 384 g/mol. The van der Waals surface area contributed by atoms with Crippen molar-refractivity contribution in [2.75, 3.05) is 13.1 Å². The van der Waals surface area contributed by atoms with E-state index in [1.807, 2.05) is 30.7 Å². The average Bonchev–Trinajstić information content (AvgIpc) is 3.33. The van der Waals surface area contributed by atoms with Crippen LogP contribution in [0.5, 0.6) is 0 Å². The summed E-state index contributed by atoms with van der Waals surface area (Å²) in [6.07, 6.45) is 1.27.